The van der Waals surface area contributed by atoms with Crippen molar-refractivity contribution in [2.45, 2.75) is 12.4 Å². The molecule has 0 saturated heterocycles. The van der Waals surface area contributed by atoms with E-state index in [4.69, 9.17) is 13.3 Å². The lowest BCUT2D eigenvalue weighted by molar-refractivity contribution is -0.0500. The molecule has 430 valence electrons. The number of nitrogens with one attached hydrogen (secondary N) is 1. The molecule has 0 saturated carbocycles. The highest BCUT2D eigenvalue weighted by Gasteiger charge is 2.48. The number of phenolic OH excluding ortho intramolecular Hbond substituents is 1. The lowest BCUT2D eigenvalue weighted by Gasteiger charge is -2.22. The molecule has 0 aliphatic carbocycles. The van der Waals surface area contributed by atoms with Crippen molar-refractivity contribution in [3.63, 3.8) is 0 Å². The first-order valence-corrected chi connectivity index (χ1v) is 27.2. The molecule has 3 aromatic heterocycles. The normalized spacial score (nSPS) is 11.0. The Balaban J connectivity index is 0.000000190. The number of alkyl halides is 3. The molecule has 0 aliphatic heterocycles. The molecule has 83 heavy (non-hydrogen) atoms. The molecule has 14 nitrogen and oxygen atoms in total. The van der Waals surface area contributed by atoms with Crippen molar-refractivity contribution in [2.75, 3.05) is 67.1 Å². The van der Waals surface area contributed by atoms with Gasteiger partial charge in [0.05, 0.1) is 32.3 Å². The maximum absolute atomic E-state index is 13.0. The van der Waals surface area contributed by atoms with E-state index in [9.17, 15) is 41.1 Å². The zero-order valence-electron chi connectivity index (χ0n) is 45.8. The minimum absolute atomic E-state index is 0.0302. The van der Waals surface area contributed by atoms with E-state index in [2.05, 4.69) is 76.8 Å². The van der Waals surface area contributed by atoms with Gasteiger partial charge in [-0.1, -0.05) is 54.7 Å². The van der Waals surface area contributed by atoms with Gasteiger partial charge in [0.2, 0.25) is 16.3 Å². The van der Waals surface area contributed by atoms with Crippen LogP contribution in [-0.4, -0.2) is 71.4 Å². The molecule has 0 spiro atoms. The van der Waals surface area contributed by atoms with Crippen LogP contribution in [-0.2, 0) is 10.1 Å². The summed E-state index contributed by atoms with van der Waals surface area (Å²) in [5.41, 5.74) is -0.268. The van der Waals surface area contributed by atoms with Gasteiger partial charge in [-0.05, 0) is 85.3 Å². The van der Waals surface area contributed by atoms with E-state index in [0.717, 1.165) is 53.9 Å². The number of anilines is 3. The number of fused-ring (bicyclic) bond motifs is 6. The van der Waals surface area contributed by atoms with Crippen LogP contribution in [0.5, 0.6) is 11.5 Å². The van der Waals surface area contributed by atoms with E-state index < -0.39 is 21.4 Å². The smallest absolute Gasteiger partial charge is 0.508 e. The van der Waals surface area contributed by atoms with E-state index in [1.807, 2.05) is 97.1 Å². The molecule has 2 N–H and O–H groups in total. The Bertz CT molecular complexity index is 4080. The fourth-order valence-corrected chi connectivity index (χ4v) is 8.95. The average molecular weight is 1150 g/mol. The summed E-state index contributed by atoms with van der Waals surface area (Å²) < 4.78 is 80.7. The lowest BCUT2D eigenvalue weighted by Crippen LogP contribution is -2.28. The van der Waals surface area contributed by atoms with E-state index in [1.54, 1.807) is 37.3 Å². The molecule has 9 rings (SSSR count). The van der Waals surface area contributed by atoms with Crippen LogP contribution < -0.4 is 40.5 Å². The van der Waals surface area contributed by atoms with Crippen molar-refractivity contribution < 1.29 is 44.1 Å². The molecule has 6 aromatic carbocycles. The van der Waals surface area contributed by atoms with Crippen LogP contribution in [0.25, 0.3) is 65.8 Å². The molecule has 3 heterocycles. The third kappa shape index (κ3) is 15.4. The molecule has 18 heteroatoms. The van der Waals surface area contributed by atoms with Crippen LogP contribution in [0, 0.1) is 6.92 Å². The minimum Gasteiger partial charge on any atom is -0.508 e. The third-order valence-electron chi connectivity index (χ3n) is 12.3. The number of rotatable bonds is 21. The fraction of sp³-hybridized carbons (Fsp3) is 0.154. The van der Waals surface area contributed by atoms with E-state index in [0.29, 0.717) is 88.5 Å². The van der Waals surface area contributed by atoms with Gasteiger partial charge in [0.15, 0.2) is 0 Å². The first kappa shape index (κ1) is 62.5. The molecule has 0 radical (unpaired) electrons. The van der Waals surface area contributed by atoms with Gasteiger partial charge in [-0.2, -0.15) is 21.6 Å². The molecule has 0 bridgehead atoms. The number of nitrogens with zero attached hydrogens (tertiary/aromatic N) is 3. The van der Waals surface area contributed by atoms with Crippen molar-refractivity contribution in [2.24, 2.45) is 0 Å². The van der Waals surface area contributed by atoms with Crippen LogP contribution in [0.1, 0.15) is 5.56 Å². The highest BCUT2D eigenvalue weighted by atomic mass is 32.2. The van der Waals surface area contributed by atoms with Gasteiger partial charge in [-0.3, -0.25) is 14.4 Å². The fourth-order valence-electron chi connectivity index (χ4n) is 8.49. The predicted octanol–water partition coefficient (Wildman–Crippen LogP) is 13.6. The van der Waals surface area contributed by atoms with E-state index in [-0.39, 0.29) is 38.6 Å². The van der Waals surface area contributed by atoms with Gasteiger partial charge >= 0.3 is 15.6 Å². The zero-order chi connectivity index (χ0) is 60.4. The Morgan fingerprint density at radius 1 is 0.470 bits per heavy atom. The number of aromatic hydroxyl groups is 1. The SMILES string of the molecule is C=CCN(CC=C)c1ccc2c(=O)c3ccc(N(CC=C)CC=C)cc3oc2c1.C=CCN(CC=C)c1ccc2c(=O)c3ccc(O)cc3oc2c1.C=CCNCC=C.Cc1ccc2c(=O)c3ccc(OS(=O)(=O)C(F)(F)F)cc3oc2c1. The summed E-state index contributed by atoms with van der Waals surface area (Å²) in [6.07, 6.45) is 14.6. The molecule has 0 unspecified atom stereocenters. The number of halogens is 3. The number of hydrogen-bond acceptors (Lipinski definition) is 14. The molecular weight excluding hydrogens is 1090 g/mol. The van der Waals surface area contributed by atoms with Crippen LogP contribution in [0.15, 0.2) is 238 Å². The topological polar surface area (TPSA) is 176 Å². The van der Waals surface area contributed by atoms with Crippen LogP contribution in [0.2, 0.25) is 0 Å². The largest absolute Gasteiger partial charge is 0.534 e. The quantitative estimate of drug-likeness (QED) is 0.0228. The van der Waals surface area contributed by atoms with Crippen molar-refractivity contribution in [1.29, 1.82) is 0 Å². The monoisotopic (exact) mass is 1150 g/mol. The first-order valence-electron chi connectivity index (χ1n) is 25.8. The Hall–Kier alpha value is -9.65. The van der Waals surface area contributed by atoms with Gasteiger partial charge in [-0.25, -0.2) is 0 Å². The Morgan fingerprint density at radius 3 is 1.13 bits per heavy atom. The number of phenols is 1. The average Bonchev–Trinajstić information content (AvgIpc) is 3.58. The van der Waals surface area contributed by atoms with Gasteiger partial charge in [0.1, 0.15) is 45.0 Å². The molecule has 0 amide bonds. The Labute approximate surface area is 478 Å². The minimum atomic E-state index is -5.80. The summed E-state index contributed by atoms with van der Waals surface area (Å²) in [4.78, 5) is 44.2. The lowest BCUT2D eigenvalue weighted by atomic mass is 10.1. The summed E-state index contributed by atoms with van der Waals surface area (Å²) in [7, 11) is -5.80. The summed E-state index contributed by atoms with van der Waals surface area (Å²) >= 11 is 0. The number of benzene rings is 6. The second-order valence-corrected chi connectivity index (χ2v) is 19.9. The van der Waals surface area contributed by atoms with Crippen molar-refractivity contribution in [1.82, 2.24) is 5.32 Å². The van der Waals surface area contributed by atoms with Crippen molar-refractivity contribution >= 4 is 93.0 Å². The molecule has 9 aromatic rings. The number of hydrogen-bond donors (Lipinski definition) is 2. The van der Waals surface area contributed by atoms with Crippen LogP contribution in [0.4, 0.5) is 30.2 Å². The third-order valence-corrected chi connectivity index (χ3v) is 13.3. The Morgan fingerprint density at radius 2 is 0.783 bits per heavy atom. The van der Waals surface area contributed by atoms with Gasteiger partial charge in [0.25, 0.3) is 0 Å². The standard InChI is InChI=1S/C25H26N2O2.C19H17NO3.C15H9F3O5S.C6H11N/c1-5-13-26(14-6-2)19-9-11-21-23(17-19)29-24-18-20(10-12-22(24)25(21)28)27(15-7-3)16-8-4;1-3-9-20(10-4-2)13-5-7-15-17(11-13)23-18-12-14(21)6-8-16(18)19(15)22;1-8-2-4-10-12(6-8)22-13-7-9(3-5-11(13)14(10)19)23-24(20,21)15(16,17)18;1-3-5-7-6-4-2/h5-12,17-18H,1-4,13-16H2;3-8,11-12,21H,1-2,9-10H2;2-7H,1H3;3-4,7H,1-2,5-6H2. The van der Waals surface area contributed by atoms with Crippen molar-refractivity contribution in [3.8, 4) is 11.5 Å². The van der Waals surface area contributed by atoms with Gasteiger partial charge in [0, 0.05) is 99.8 Å². The maximum Gasteiger partial charge on any atom is 0.534 e. The Kier molecular flexibility index (Phi) is 21.6. The maximum atomic E-state index is 13.0. The predicted molar refractivity (Wildman–Crippen MR) is 333 cm³/mol. The van der Waals surface area contributed by atoms with Crippen LogP contribution in [0.3, 0.4) is 0 Å². The van der Waals surface area contributed by atoms with Crippen molar-refractivity contribution in [3.05, 3.63) is 247 Å². The second-order valence-electron chi connectivity index (χ2n) is 18.3. The van der Waals surface area contributed by atoms with Crippen LogP contribution >= 0.6 is 0 Å². The zero-order valence-corrected chi connectivity index (χ0v) is 46.6. The van der Waals surface area contributed by atoms with Gasteiger partial charge < -0.3 is 42.6 Å². The van der Waals surface area contributed by atoms with Gasteiger partial charge in [-0.15, -0.1) is 52.6 Å². The highest BCUT2D eigenvalue weighted by Crippen LogP contribution is 2.31. The molecule has 0 atom stereocenters. The summed E-state index contributed by atoms with van der Waals surface area (Å²) in [6, 6.07) is 29.3. The molecular formula is C65H63F3N4O10S. The first-order chi connectivity index (χ1) is 39.8. The second kappa shape index (κ2) is 28.7. The number of aryl methyl sites for hydroxylation is 1. The van der Waals surface area contributed by atoms with E-state index in [1.165, 1.54) is 12.1 Å². The van der Waals surface area contributed by atoms with E-state index >= 15 is 0 Å². The summed E-state index contributed by atoms with van der Waals surface area (Å²) in [5, 5.41) is 15.2. The molecule has 0 fully saturated rings. The molecule has 0 aliphatic rings. The summed E-state index contributed by atoms with van der Waals surface area (Å²) in [6.45, 7) is 37.4. The highest BCUT2D eigenvalue weighted by molar-refractivity contribution is 7.88. The summed E-state index contributed by atoms with van der Waals surface area (Å²) in [5.74, 6) is -0.536.